The van der Waals surface area contributed by atoms with Crippen molar-refractivity contribution >= 4 is 16.9 Å². The molecule has 1 aliphatic rings. The smallest absolute Gasteiger partial charge is 0.157 e. The molecule has 0 aromatic rings. The topological polar surface area (TPSA) is 33.6 Å². The Morgan fingerprint density at radius 1 is 1.50 bits per heavy atom. The van der Waals surface area contributed by atoms with E-state index in [0.717, 1.165) is 17.5 Å². The van der Waals surface area contributed by atoms with Crippen molar-refractivity contribution in [3.63, 3.8) is 0 Å². The summed E-state index contributed by atoms with van der Waals surface area (Å²) in [6, 6.07) is 0. The number of methoxy groups -OCH3 is 1. The summed E-state index contributed by atoms with van der Waals surface area (Å²) in [7, 11) is 1.71. The average Bonchev–Trinajstić information content (AvgIpc) is 2.63. The largest absolute Gasteiger partial charge is 0.383 e. The molecule has 0 radical (unpaired) electrons. The van der Waals surface area contributed by atoms with Crippen LogP contribution in [0, 0.1) is 0 Å². The first-order valence-corrected chi connectivity index (χ1v) is 6.19. The summed E-state index contributed by atoms with van der Waals surface area (Å²) in [5.41, 5.74) is 0.288. The third kappa shape index (κ3) is 2.89. The molecule has 1 aliphatic heterocycles. The van der Waals surface area contributed by atoms with Crippen molar-refractivity contribution in [2.45, 2.75) is 32.2 Å². The van der Waals surface area contributed by atoms with E-state index in [1.807, 2.05) is 11.8 Å². The predicted octanol–water partition coefficient (Wildman–Crippen LogP) is 1.88. The van der Waals surface area contributed by atoms with Crippen molar-refractivity contribution in [2.75, 3.05) is 26.0 Å². The lowest BCUT2D eigenvalue weighted by Crippen LogP contribution is -2.42. The molecule has 0 unspecified atom stereocenters. The molecule has 1 heterocycles. The highest BCUT2D eigenvalue weighted by Gasteiger charge is 2.33. The van der Waals surface area contributed by atoms with Crippen molar-refractivity contribution < 1.29 is 4.74 Å². The number of nitrogens with zero attached hydrogens (tertiary/aromatic N) is 1. The molecular formula is C10H20N2OS. The van der Waals surface area contributed by atoms with E-state index in [-0.39, 0.29) is 5.54 Å². The van der Waals surface area contributed by atoms with Crippen LogP contribution < -0.4 is 5.32 Å². The molecule has 4 heteroatoms. The molecule has 3 nitrogen and oxygen atoms in total. The van der Waals surface area contributed by atoms with Crippen molar-refractivity contribution in [3.05, 3.63) is 0 Å². The van der Waals surface area contributed by atoms with Gasteiger partial charge in [0.05, 0.1) is 13.2 Å². The Morgan fingerprint density at radius 2 is 2.21 bits per heavy atom. The van der Waals surface area contributed by atoms with Gasteiger partial charge < -0.3 is 10.1 Å². The molecule has 82 valence electrons. The molecule has 0 spiro atoms. The van der Waals surface area contributed by atoms with Crippen LogP contribution in [0.1, 0.15) is 26.7 Å². The fourth-order valence-electron chi connectivity index (χ4n) is 1.46. The Morgan fingerprint density at radius 3 is 2.71 bits per heavy atom. The minimum atomic E-state index is 0.288. The van der Waals surface area contributed by atoms with Crippen LogP contribution in [0.3, 0.4) is 0 Å². The zero-order valence-corrected chi connectivity index (χ0v) is 10.1. The molecule has 0 aromatic heterocycles. The van der Waals surface area contributed by atoms with Gasteiger partial charge in [-0.2, -0.15) is 0 Å². The fraction of sp³-hybridized carbons (Fsp3) is 0.900. The Balaban J connectivity index is 2.43. The number of rotatable bonds is 5. The van der Waals surface area contributed by atoms with Crippen LogP contribution in [0.25, 0.3) is 0 Å². The molecule has 0 bridgehead atoms. The summed E-state index contributed by atoms with van der Waals surface area (Å²) in [5.74, 6) is 1.14. The van der Waals surface area contributed by atoms with Crippen molar-refractivity contribution in [1.82, 2.24) is 5.32 Å². The highest BCUT2D eigenvalue weighted by atomic mass is 32.2. The molecule has 1 N–H and O–H groups in total. The van der Waals surface area contributed by atoms with Gasteiger partial charge >= 0.3 is 0 Å². The quantitative estimate of drug-likeness (QED) is 0.712. The second kappa shape index (κ2) is 5.61. The van der Waals surface area contributed by atoms with E-state index < -0.39 is 0 Å². The molecule has 0 aromatic carbocycles. The summed E-state index contributed by atoms with van der Waals surface area (Å²) in [5, 5.41) is 4.61. The molecule has 14 heavy (non-hydrogen) atoms. The summed E-state index contributed by atoms with van der Waals surface area (Å²) in [6.07, 6.45) is 2.33. The Hall–Kier alpha value is -0.220. The monoisotopic (exact) mass is 216 g/mol. The van der Waals surface area contributed by atoms with E-state index in [1.54, 1.807) is 7.11 Å². The van der Waals surface area contributed by atoms with E-state index in [1.165, 1.54) is 12.8 Å². The lowest BCUT2D eigenvalue weighted by molar-refractivity contribution is 0.208. The van der Waals surface area contributed by atoms with Gasteiger partial charge in [-0.15, -0.1) is 0 Å². The first-order chi connectivity index (χ1) is 6.76. The van der Waals surface area contributed by atoms with Gasteiger partial charge in [-0.1, -0.05) is 25.6 Å². The van der Waals surface area contributed by atoms with Crippen LogP contribution in [-0.4, -0.2) is 36.7 Å². The molecule has 1 fully saturated rings. The molecule has 0 saturated carbocycles. The zero-order chi connectivity index (χ0) is 10.4. The normalized spacial score (nSPS) is 22.6. The van der Waals surface area contributed by atoms with Gasteiger partial charge in [0.1, 0.15) is 0 Å². The standard InChI is InChI=1S/C10H20N2OS/c1-4-10(5-2)8-14-9(12-10)11-6-7-13-3/h4-8H2,1-3H3,(H,11,12). The number of hydrogen-bond donors (Lipinski definition) is 1. The van der Waals surface area contributed by atoms with Crippen LogP contribution in [-0.2, 0) is 4.74 Å². The number of hydrogen-bond acceptors (Lipinski definition) is 3. The Labute approximate surface area is 90.7 Å². The van der Waals surface area contributed by atoms with Gasteiger partial charge in [0, 0.05) is 18.4 Å². The number of aliphatic imine (C=N–C) groups is 1. The van der Waals surface area contributed by atoms with Crippen LogP contribution >= 0.6 is 11.8 Å². The maximum atomic E-state index is 4.96. The number of nitrogens with one attached hydrogen (secondary N) is 1. The number of thioether (sulfide) groups is 1. The average molecular weight is 216 g/mol. The van der Waals surface area contributed by atoms with E-state index >= 15 is 0 Å². The third-order valence-electron chi connectivity index (χ3n) is 2.76. The van der Waals surface area contributed by atoms with Gasteiger partial charge in [0.2, 0.25) is 0 Å². The first-order valence-electron chi connectivity index (χ1n) is 5.20. The number of ether oxygens (including phenoxy) is 1. The predicted molar refractivity (Wildman–Crippen MR) is 63.1 cm³/mol. The Bertz CT molecular complexity index is 202. The molecule has 0 atom stereocenters. The van der Waals surface area contributed by atoms with Gasteiger partial charge in [-0.25, -0.2) is 0 Å². The van der Waals surface area contributed by atoms with Gasteiger partial charge in [-0.05, 0) is 12.8 Å². The molecule has 1 rings (SSSR count). The van der Waals surface area contributed by atoms with Gasteiger partial charge in [-0.3, -0.25) is 4.99 Å². The van der Waals surface area contributed by atoms with Crippen LogP contribution in [0.2, 0.25) is 0 Å². The van der Waals surface area contributed by atoms with Crippen LogP contribution in [0.5, 0.6) is 0 Å². The summed E-state index contributed by atoms with van der Waals surface area (Å²) in [6.45, 7) is 5.93. The van der Waals surface area contributed by atoms with E-state index in [9.17, 15) is 0 Å². The molecular weight excluding hydrogens is 196 g/mol. The fourth-order valence-corrected chi connectivity index (χ4v) is 2.82. The van der Waals surface area contributed by atoms with Crippen LogP contribution in [0.4, 0.5) is 0 Å². The van der Waals surface area contributed by atoms with E-state index in [0.29, 0.717) is 6.61 Å². The molecule has 0 amide bonds. The maximum Gasteiger partial charge on any atom is 0.157 e. The van der Waals surface area contributed by atoms with E-state index in [2.05, 4.69) is 24.2 Å². The van der Waals surface area contributed by atoms with Crippen molar-refractivity contribution in [2.24, 2.45) is 4.99 Å². The minimum absolute atomic E-state index is 0.288. The lowest BCUT2D eigenvalue weighted by atomic mass is 9.96. The first kappa shape index (κ1) is 11.9. The van der Waals surface area contributed by atoms with Crippen LogP contribution in [0.15, 0.2) is 4.99 Å². The Kier molecular flexibility index (Phi) is 4.75. The maximum absolute atomic E-state index is 4.96. The van der Waals surface area contributed by atoms with Gasteiger partial charge in [0.15, 0.2) is 5.17 Å². The third-order valence-corrected chi connectivity index (χ3v) is 3.96. The minimum Gasteiger partial charge on any atom is -0.383 e. The summed E-state index contributed by atoms with van der Waals surface area (Å²) >= 11 is 1.83. The number of amidine groups is 1. The summed E-state index contributed by atoms with van der Waals surface area (Å²) in [4.78, 5) is 4.45. The lowest BCUT2D eigenvalue weighted by Gasteiger charge is -2.25. The van der Waals surface area contributed by atoms with Crippen molar-refractivity contribution in [1.29, 1.82) is 0 Å². The second-order valence-electron chi connectivity index (χ2n) is 3.58. The molecule has 0 aliphatic carbocycles. The SMILES string of the molecule is CCC1(CC)CSC(=NCCOC)N1. The summed E-state index contributed by atoms with van der Waals surface area (Å²) < 4.78 is 4.96. The second-order valence-corrected chi connectivity index (χ2v) is 4.54. The zero-order valence-electron chi connectivity index (χ0n) is 9.30. The van der Waals surface area contributed by atoms with Gasteiger partial charge in [0.25, 0.3) is 0 Å². The molecule has 1 saturated heterocycles. The highest BCUT2D eigenvalue weighted by molar-refractivity contribution is 8.14. The van der Waals surface area contributed by atoms with Crippen molar-refractivity contribution in [3.8, 4) is 0 Å². The van der Waals surface area contributed by atoms with E-state index in [4.69, 9.17) is 4.74 Å². The highest BCUT2D eigenvalue weighted by Crippen LogP contribution is 2.28.